The number of carboxylic acid groups (broad SMARTS) is 1. The van der Waals surface area contributed by atoms with E-state index in [9.17, 15) is 9.90 Å². The number of aliphatic carboxylic acids is 1. The molecule has 1 saturated heterocycles. The fourth-order valence-electron chi connectivity index (χ4n) is 2.02. The molecule has 0 aliphatic carbocycles. The lowest BCUT2D eigenvalue weighted by Gasteiger charge is -2.35. The molecule has 1 atom stereocenters. The highest BCUT2D eigenvalue weighted by molar-refractivity contribution is 9.10. The molecule has 1 aliphatic heterocycles. The summed E-state index contributed by atoms with van der Waals surface area (Å²) in [6, 6.07) is 6.66. The molecule has 0 saturated carbocycles. The Hall–Kier alpha value is -1.58. The van der Waals surface area contributed by atoms with Crippen LogP contribution in [0.15, 0.2) is 22.7 Å². The van der Waals surface area contributed by atoms with Gasteiger partial charge in [-0.1, -0.05) is 0 Å². The van der Waals surface area contributed by atoms with Gasteiger partial charge in [-0.15, -0.1) is 0 Å². The van der Waals surface area contributed by atoms with Crippen LogP contribution in [-0.2, 0) is 4.79 Å². The van der Waals surface area contributed by atoms with E-state index in [1.807, 2.05) is 4.90 Å². The second-order valence-corrected chi connectivity index (χ2v) is 4.88. The normalized spacial score (nSPS) is 19.3. The van der Waals surface area contributed by atoms with Crippen molar-refractivity contribution in [3.8, 4) is 6.07 Å². The number of rotatable bonds is 2. The van der Waals surface area contributed by atoms with E-state index in [4.69, 9.17) is 5.26 Å². The maximum atomic E-state index is 11.2. The number of nitrogens with one attached hydrogen (secondary N) is 1. The molecule has 1 fully saturated rings. The number of piperazine rings is 1. The molecule has 1 aromatic carbocycles. The fourth-order valence-corrected chi connectivity index (χ4v) is 2.63. The second-order valence-electron chi connectivity index (χ2n) is 4.03. The van der Waals surface area contributed by atoms with Crippen molar-refractivity contribution in [3.05, 3.63) is 28.2 Å². The topological polar surface area (TPSA) is 76.4 Å². The Morgan fingerprint density at radius 3 is 3.00 bits per heavy atom. The molecular weight excluding hydrogens is 298 g/mol. The van der Waals surface area contributed by atoms with Crippen molar-refractivity contribution in [1.82, 2.24) is 5.32 Å². The summed E-state index contributed by atoms with van der Waals surface area (Å²) in [6.07, 6.45) is 0. The van der Waals surface area contributed by atoms with Crippen molar-refractivity contribution in [2.24, 2.45) is 0 Å². The molecule has 1 aromatic rings. The second kappa shape index (κ2) is 5.38. The molecule has 0 spiro atoms. The van der Waals surface area contributed by atoms with Gasteiger partial charge in [-0.3, -0.25) is 0 Å². The van der Waals surface area contributed by atoms with Crippen LogP contribution in [0.25, 0.3) is 0 Å². The quantitative estimate of drug-likeness (QED) is 0.858. The van der Waals surface area contributed by atoms with E-state index in [-0.39, 0.29) is 0 Å². The van der Waals surface area contributed by atoms with Gasteiger partial charge in [0.15, 0.2) is 0 Å². The summed E-state index contributed by atoms with van der Waals surface area (Å²) < 4.78 is 0.745. The van der Waals surface area contributed by atoms with Crippen molar-refractivity contribution in [3.63, 3.8) is 0 Å². The number of carboxylic acids is 1. The van der Waals surface area contributed by atoms with Gasteiger partial charge in [-0.2, -0.15) is 5.26 Å². The van der Waals surface area contributed by atoms with Crippen molar-refractivity contribution in [1.29, 1.82) is 5.26 Å². The van der Waals surface area contributed by atoms with Crippen molar-refractivity contribution >= 4 is 27.6 Å². The first kappa shape index (κ1) is 12.9. The van der Waals surface area contributed by atoms with Gasteiger partial charge in [0.25, 0.3) is 0 Å². The molecule has 0 amide bonds. The standard InChI is InChI=1S/C12H12BrN3O2/c13-9-5-8(6-14)1-2-10(9)16-4-3-15-7-11(16)12(17)18/h1-2,5,11,15H,3-4,7H2,(H,17,18). The van der Waals surface area contributed by atoms with Crippen molar-refractivity contribution in [2.45, 2.75) is 6.04 Å². The average molecular weight is 310 g/mol. The summed E-state index contributed by atoms with van der Waals surface area (Å²) in [4.78, 5) is 13.1. The van der Waals surface area contributed by atoms with E-state index in [1.54, 1.807) is 18.2 Å². The molecule has 2 N–H and O–H groups in total. The van der Waals surface area contributed by atoms with Crippen molar-refractivity contribution in [2.75, 3.05) is 24.5 Å². The van der Waals surface area contributed by atoms with Crippen LogP contribution in [0, 0.1) is 11.3 Å². The summed E-state index contributed by atoms with van der Waals surface area (Å²) >= 11 is 3.39. The van der Waals surface area contributed by atoms with Crippen LogP contribution < -0.4 is 10.2 Å². The number of anilines is 1. The van der Waals surface area contributed by atoms with Gasteiger partial charge < -0.3 is 15.3 Å². The molecule has 2 rings (SSSR count). The van der Waals surface area contributed by atoms with Gasteiger partial charge in [-0.05, 0) is 34.1 Å². The van der Waals surface area contributed by atoms with Crippen LogP contribution in [0.3, 0.4) is 0 Å². The van der Waals surface area contributed by atoms with Gasteiger partial charge in [0.1, 0.15) is 6.04 Å². The zero-order valence-corrected chi connectivity index (χ0v) is 11.1. The smallest absolute Gasteiger partial charge is 0.327 e. The lowest BCUT2D eigenvalue weighted by molar-refractivity contribution is -0.138. The minimum absolute atomic E-state index is 0.418. The third-order valence-electron chi connectivity index (χ3n) is 2.91. The van der Waals surface area contributed by atoms with Crippen LogP contribution in [0.1, 0.15) is 5.56 Å². The first-order valence-electron chi connectivity index (χ1n) is 5.53. The Morgan fingerprint density at radius 2 is 2.39 bits per heavy atom. The zero-order valence-electron chi connectivity index (χ0n) is 9.56. The summed E-state index contributed by atoms with van der Waals surface area (Å²) in [5, 5.41) is 21.1. The predicted octanol–water partition coefficient (Wildman–Crippen LogP) is 1.18. The Labute approximate surface area is 113 Å². The minimum atomic E-state index is -0.849. The highest BCUT2D eigenvalue weighted by Gasteiger charge is 2.29. The van der Waals surface area contributed by atoms with Gasteiger partial charge in [0, 0.05) is 24.1 Å². The summed E-state index contributed by atoms with van der Waals surface area (Å²) in [7, 11) is 0. The molecular formula is C12H12BrN3O2. The van der Waals surface area contributed by atoms with E-state index < -0.39 is 12.0 Å². The van der Waals surface area contributed by atoms with Gasteiger partial charge in [0.2, 0.25) is 0 Å². The number of nitrogens with zero attached hydrogens (tertiary/aromatic N) is 2. The maximum absolute atomic E-state index is 11.2. The number of benzene rings is 1. The summed E-state index contributed by atoms with van der Waals surface area (Å²) in [6.45, 7) is 1.79. The van der Waals surface area contributed by atoms with Crippen LogP contribution in [0.4, 0.5) is 5.69 Å². The maximum Gasteiger partial charge on any atom is 0.327 e. The first-order chi connectivity index (χ1) is 8.63. The Bertz CT molecular complexity index is 513. The zero-order chi connectivity index (χ0) is 13.1. The Kier molecular flexibility index (Phi) is 3.84. The van der Waals surface area contributed by atoms with E-state index >= 15 is 0 Å². The molecule has 6 heteroatoms. The molecule has 0 radical (unpaired) electrons. The molecule has 1 unspecified atom stereocenters. The van der Waals surface area contributed by atoms with Gasteiger partial charge in [0.05, 0.1) is 17.3 Å². The van der Waals surface area contributed by atoms with Gasteiger partial charge >= 0.3 is 5.97 Å². The lowest BCUT2D eigenvalue weighted by atomic mass is 10.1. The van der Waals surface area contributed by atoms with E-state index in [0.717, 1.165) is 16.7 Å². The average Bonchev–Trinajstić information content (AvgIpc) is 2.38. The highest BCUT2D eigenvalue weighted by atomic mass is 79.9. The van der Waals surface area contributed by atoms with Crippen LogP contribution in [0.2, 0.25) is 0 Å². The molecule has 1 aliphatic rings. The Morgan fingerprint density at radius 1 is 1.61 bits per heavy atom. The number of nitriles is 1. The third-order valence-corrected chi connectivity index (χ3v) is 3.55. The Balaban J connectivity index is 2.34. The van der Waals surface area contributed by atoms with Gasteiger partial charge in [-0.25, -0.2) is 4.79 Å². The third kappa shape index (κ3) is 2.47. The molecule has 0 bridgehead atoms. The monoisotopic (exact) mass is 309 g/mol. The predicted molar refractivity (Wildman–Crippen MR) is 70.5 cm³/mol. The number of halogens is 1. The molecule has 0 aromatic heterocycles. The highest BCUT2D eigenvalue weighted by Crippen LogP contribution is 2.29. The summed E-state index contributed by atoms with van der Waals surface area (Å²) in [5.41, 5.74) is 1.36. The SMILES string of the molecule is N#Cc1ccc(N2CCNCC2C(=O)O)c(Br)c1. The lowest BCUT2D eigenvalue weighted by Crippen LogP contribution is -2.55. The van der Waals surface area contributed by atoms with Crippen LogP contribution >= 0.6 is 15.9 Å². The number of hydrogen-bond donors (Lipinski definition) is 2. The molecule has 1 heterocycles. The molecule has 5 nitrogen and oxygen atoms in total. The number of hydrogen-bond acceptors (Lipinski definition) is 4. The van der Waals surface area contributed by atoms with Crippen molar-refractivity contribution < 1.29 is 9.90 Å². The first-order valence-corrected chi connectivity index (χ1v) is 6.32. The molecule has 18 heavy (non-hydrogen) atoms. The van der Waals surface area contributed by atoms with E-state index in [0.29, 0.717) is 18.7 Å². The van der Waals surface area contributed by atoms with E-state index in [1.165, 1.54) is 0 Å². The minimum Gasteiger partial charge on any atom is -0.480 e. The van der Waals surface area contributed by atoms with Crippen LogP contribution in [-0.4, -0.2) is 36.8 Å². The summed E-state index contributed by atoms with van der Waals surface area (Å²) in [5.74, 6) is -0.849. The largest absolute Gasteiger partial charge is 0.480 e. The fraction of sp³-hybridized carbons (Fsp3) is 0.333. The molecule has 94 valence electrons. The van der Waals surface area contributed by atoms with E-state index in [2.05, 4.69) is 27.3 Å². The van der Waals surface area contributed by atoms with Crippen LogP contribution in [0.5, 0.6) is 0 Å². The number of carbonyl (C=O) groups is 1.